The van der Waals surface area contributed by atoms with Crippen molar-refractivity contribution in [3.05, 3.63) is 65.7 Å². The molecule has 27 heavy (non-hydrogen) atoms. The number of benzene rings is 2. The van der Waals surface area contributed by atoms with Crippen LogP contribution in [0.4, 0.5) is 0 Å². The van der Waals surface area contributed by atoms with Gasteiger partial charge in [-0.2, -0.15) is 4.72 Å². The second-order valence-corrected chi connectivity index (χ2v) is 7.96. The zero-order valence-electron chi connectivity index (χ0n) is 15.0. The molecule has 0 bridgehead atoms. The molecule has 2 unspecified atom stereocenters. The maximum atomic E-state index is 12.4. The molecular weight excluding hydrogens is 368 g/mol. The van der Waals surface area contributed by atoms with Crippen LogP contribution in [0.1, 0.15) is 18.1 Å². The van der Waals surface area contributed by atoms with Crippen LogP contribution in [-0.2, 0) is 26.0 Å². The van der Waals surface area contributed by atoms with Gasteiger partial charge in [0, 0.05) is 6.42 Å². The molecular formula is C19H22N2O5S. The minimum absolute atomic E-state index is 0.0341. The summed E-state index contributed by atoms with van der Waals surface area (Å²) < 4.78 is 27.0. The first-order valence-electron chi connectivity index (χ1n) is 8.35. The molecule has 144 valence electrons. The van der Waals surface area contributed by atoms with Crippen molar-refractivity contribution in [2.24, 2.45) is 0 Å². The van der Waals surface area contributed by atoms with Crippen LogP contribution in [0, 0.1) is 6.92 Å². The number of carbonyl (C=O) groups is 2. The second-order valence-electron chi connectivity index (χ2n) is 6.25. The van der Waals surface area contributed by atoms with Gasteiger partial charge in [0.1, 0.15) is 6.04 Å². The van der Waals surface area contributed by atoms with E-state index in [4.69, 9.17) is 0 Å². The molecule has 0 spiro atoms. The topological polar surface area (TPSA) is 113 Å². The van der Waals surface area contributed by atoms with Crippen molar-refractivity contribution in [3.8, 4) is 0 Å². The lowest BCUT2D eigenvalue weighted by Gasteiger charge is -2.19. The van der Waals surface area contributed by atoms with Gasteiger partial charge in [-0.3, -0.25) is 4.79 Å². The predicted molar refractivity (Wildman–Crippen MR) is 101 cm³/mol. The lowest BCUT2D eigenvalue weighted by atomic mass is 10.1. The molecule has 8 heteroatoms. The summed E-state index contributed by atoms with van der Waals surface area (Å²) in [5.41, 5.74) is 1.66. The first-order chi connectivity index (χ1) is 12.7. The molecule has 0 fully saturated rings. The molecule has 3 N–H and O–H groups in total. The fourth-order valence-corrected chi connectivity index (χ4v) is 3.62. The van der Waals surface area contributed by atoms with Gasteiger partial charge in [-0.15, -0.1) is 0 Å². The van der Waals surface area contributed by atoms with Crippen LogP contribution < -0.4 is 10.0 Å². The third-order valence-corrected chi connectivity index (χ3v) is 5.51. The quantitative estimate of drug-likeness (QED) is 0.632. The van der Waals surface area contributed by atoms with E-state index in [0.717, 1.165) is 11.1 Å². The Labute approximate surface area is 158 Å². The van der Waals surface area contributed by atoms with Crippen LogP contribution in [0.25, 0.3) is 0 Å². The van der Waals surface area contributed by atoms with E-state index in [0.29, 0.717) is 0 Å². The van der Waals surface area contributed by atoms with Crippen LogP contribution in [0.3, 0.4) is 0 Å². The standard InChI is InChI=1S/C19H22N2O5S/c1-13-8-10-16(11-9-13)27(25,26)21-14(2)18(22)20-17(19(23)24)12-15-6-4-3-5-7-15/h3-11,14,17,21H,12H2,1-2H3,(H,20,22)(H,23,24). The Morgan fingerprint density at radius 2 is 1.63 bits per heavy atom. The highest BCUT2D eigenvalue weighted by molar-refractivity contribution is 7.89. The fraction of sp³-hybridized carbons (Fsp3) is 0.263. The van der Waals surface area contributed by atoms with Crippen LogP contribution in [-0.4, -0.2) is 37.5 Å². The van der Waals surface area contributed by atoms with Gasteiger partial charge in [0.15, 0.2) is 0 Å². The summed E-state index contributed by atoms with van der Waals surface area (Å²) in [6, 6.07) is 12.8. The normalized spacial score (nSPS) is 13.6. The summed E-state index contributed by atoms with van der Waals surface area (Å²) in [4.78, 5) is 23.8. The van der Waals surface area contributed by atoms with E-state index >= 15 is 0 Å². The smallest absolute Gasteiger partial charge is 0.326 e. The summed E-state index contributed by atoms with van der Waals surface area (Å²) >= 11 is 0. The van der Waals surface area contributed by atoms with E-state index in [-0.39, 0.29) is 11.3 Å². The van der Waals surface area contributed by atoms with Crippen LogP contribution in [0.5, 0.6) is 0 Å². The number of nitrogens with one attached hydrogen (secondary N) is 2. The highest BCUT2D eigenvalue weighted by Gasteiger charge is 2.26. The molecule has 0 aliphatic carbocycles. The van der Waals surface area contributed by atoms with Gasteiger partial charge >= 0.3 is 5.97 Å². The Morgan fingerprint density at radius 3 is 2.19 bits per heavy atom. The van der Waals surface area contributed by atoms with E-state index < -0.39 is 34.0 Å². The maximum Gasteiger partial charge on any atom is 0.326 e. The van der Waals surface area contributed by atoms with Gasteiger partial charge in [-0.25, -0.2) is 13.2 Å². The molecule has 0 aliphatic heterocycles. The molecule has 0 saturated carbocycles. The molecule has 2 atom stereocenters. The zero-order valence-corrected chi connectivity index (χ0v) is 15.9. The van der Waals surface area contributed by atoms with Crippen molar-refractivity contribution in [1.29, 1.82) is 0 Å². The van der Waals surface area contributed by atoms with E-state index in [1.807, 2.05) is 6.92 Å². The first kappa shape index (κ1) is 20.6. The Morgan fingerprint density at radius 1 is 1.04 bits per heavy atom. The molecule has 0 aromatic heterocycles. The maximum absolute atomic E-state index is 12.4. The Hall–Kier alpha value is -2.71. The van der Waals surface area contributed by atoms with Crippen LogP contribution >= 0.6 is 0 Å². The third-order valence-electron chi connectivity index (χ3n) is 3.95. The number of aliphatic carboxylic acids is 1. The number of sulfonamides is 1. The largest absolute Gasteiger partial charge is 0.480 e. The number of amides is 1. The molecule has 0 saturated heterocycles. The SMILES string of the molecule is Cc1ccc(S(=O)(=O)NC(C)C(=O)NC(Cc2ccccc2)C(=O)O)cc1. The summed E-state index contributed by atoms with van der Waals surface area (Å²) in [7, 11) is -3.89. The summed E-state index contributed by atoms with van der Waals surface area (Å²) in [6.45, 7) is 3.20. The molecule has 0 heterocycles. The van der Waals surface area contributed by atoms with Crippen molar-refractivity contribution in [1.82, 2.24) is 10.0 Å². The highest BCUT2D eigenvalue weighted by Crippen LogP contribution is 2.11. The van der Waals surface area contributed by atoms with Crippen molar-refractivity contribution >= 4 is 21.9 Å². The minimum atomic E-state index is -3.89. The summed E-state index contributed by atoms with van der Waals surface area (Å²) in [5, 5.41) is 11.7. The van der Waals surface area contributed by atoms with Crippen molar-refractivity contribution < 1.29 is 23.1 Å². The third kappa shape index (κ3) is 5.90. The molecule has 2 aromatic carbocycles. The number of carbonyl (C=O) groups excluding carboxylic acids is 1. The average Bonchev–Trinajstić information content (AvgIpc) is 2.61. The zero-order chi connectivity index (χ0) is 20.0. The average molecular weight is 390 g/mol. The molecule has 0 aliphatic rings. The van der Waals surface area contributed by atoms with Crippen LogP contribution in [0.2, 0.25) is 0 Å². The van der Waals surface area contributed by atoms with Gasteiger partial charge in [0.25, 0.3) is 0 Å². The number of aryl methyl sites for hydroxylation is 1. The molecule has 0 radical (unpaired) electrons. The molecule has 1 amide bonds. The number of hydrogen-bond donors (Lipinski definition) is 3. The van der Waals surface area contributed by atoms with E-state index in [1.165, 1.54) is 19.1 Å². The van der Waals surface area contributed by atoms with Gasteiger partial charge in [-0.05, 0) is 31.5 Å². The second kappa shape index (κ2) is 8.79. The fourth-order valence-electron chi connectivity index (χ4n) is 2.42. The molecule has 7 nitrogen and oxygen atoms in total. The molecule has 2 rings (SSSR count). The summed E-state index contributed by atoms with van der Waals surface area (Å²) in [6.07, 6.45) is 0.0966. The van der Waals surface area contributed by atoms with Gasteiger partial charge in [0.2, 0.25) is 15.9 Å². The Balaban J connectivity index is 2.04. The highest BCUT2D eigenvalue weighted by atomic mass is 32.2. The van der Waals surface area contributed by atoms with Gasteiger partial charge in [0.05, 0.1) is 10.9 Å². The Kier molecular flexibility index (Phi) is 6.70. The number of carboxylic acids is 1. The van der Waals surface area contributed by atoms with Crippen molar-refractivity contribution in [3.63, 3.8) is 0 Å². The lowest BCUT2D eigenvalue weighted by molar-refractivity contribution is -0.141. The van der Waals surface area contributed by atoms with Gasteiger partial charge < -0.3 is 10.4 Å². The Bertz CT molecular complexity index is 895. The van der Waals surface area contributed by atoms with E-state index in [9.17, 15) is 23.1 Å². The minimum Gasteiger partial charge on any atom is -0.480 e. The summed E-state index contributed by atoms with van der Waals surface area (Å²) in [5.74, 6) is -1.91. The predicted octanol–water partition coefficient (Wildman–Crippen LogP) is 1.47. The number of rotatable bonds is 8. The van der Waals surface area contributed by atoms with E-state index in [2.05, 4.69) is 10.0 Å². The van der Waals surface area contributed by atoms with Crippen molar-refractivity contribution in [2.45, 2.75) is 37.2 Å². The number of carboxylic acid groups (broad SMARTS) is 1. The lowest BCUT2D eigenvalue weighted by Crippen LogP contribution is -2.50. The van der Waals surface area contributed by atoms with E-state index in [1.54, 1.807) is 42.5 Å². The first-order valence-corrected chi connectivity index (χ1v) is 9.83. The monoisotopic (exact) mass is 390 g/mol. The van der Waals surface area contributed by atoms with Gasteiger partial charge in [-0.1, -0.05) is 48.0 Å². The van der Waals surface area contributed by atoms with Crippen LogP contribution in [0.15, 0.2) is 59.5 Å². The number of hydrogen-bond acceptors (Lipinski definition) is 4. The molecule has 2 aromatic rings. The van der Waals surface area contributed by atoms with Crippen molar-refractivity contribution in [2.75, 3.05) is 0 Å².